The standard InChI is InChI=1S/C17H22N4O4/c1-3-14-16(11(2)25-20-14)17(23)21-6-7-24-13(9-21)5-4-12-8-15(22)19-10-18-12/h8,10,13H,3-7,9H2,1-2H3,(H,18,19,22)/t13-/m0/s1. The maximum Gasteiger partial charge on any atom is 0.259 e. The molecule has 3 heterocycles. The molecule has 1 amide bonds. The molecule has 0 unspecified atom stereocenters. The van der Waals surface area contributed by atoms with E-state index in [2.05, 4.69) is 15.1 Å². The van der Waals surface area contributed by atoms with Gasteiger partial charge < -0.3 is 19.1 Å². The van der Waals surface area contributed by atoms with Crippen LogP contribution in [0.25, 0.3) is 0 Å². The Morgan fingerprint density at radius 1 is 1.48 bits per heavy atom. The predicted molar refractivity (Wildman–Crippen MR) is 89.4 cm³/mol. The predicted octanol–water partition coefficient (Wildman–Crippen LogP) is 1.10. The van der Waals surface area contributed by atoms with Crippen molar-refractivity contribution in [1.82, 2.24) is 20.0 Å². The third-order valence-electron chi connectivity index (χ3n) is 4.37. The van der Waals surface area contributed by atoms with Gasteiger partial charge in [-0.2, -0.15) is 0 Å². The van der Waals surface area contributed by atoms with Crippen LogP contribution in [0.1, 0.15) is 40.9 Å². The van der Waals surface area contributed by atoms with Crippen molar-refractivity contribution < 1.29 is 14.1 Å². The summed E-state index contributed by atoms with van der Waals surface area (Å²) in [5, 5.41) is 3.96. The van der Waals surface area contributed by atoms with E-state index in [1.165, 1.54) is 12.4 Å². The van der Waals surface area contributed by atoms with Crippen LogP contribution in [0.4, 0.5) is 0 Å². The number of aryl methyl sites for hydroxylation is 3. The van der Waals surface area contributed by atoms with Gasteiger partial charge in [0, 0.05) is 24.8 Å². The summed E-state index contributed by atoms with van der Waals surface area (Å²) in [5.41, 5.74) is 1.82. The van der Waals surface area contributed by atoms with E-state index >= 15 is 0 Å². The Morgan fingerprint density at radius 3 is 3.08 bits per heavy atom. The third kappa shape index (κ3) is 3.96. The molecule has 8 heteroatoms. The van der Waals surface area contributed by atoms with Gasteiger partial charge >= 0.3 is 0 Å². The Bertz CT molecular complexity index is 798. The number of H-pyrrole nitrogens is 1. The van der Waals surface area contributed by atoms with Crippen LogP contribution in [0.3, 0.4) is 0 Å². The Kier molecular flexibility index (Phi) is 5.28. The summed E-state index contributed by atoms with van der Waals surface area (Å²) < 4.78 is 10.9. The molecule has 134 valence electrons. The first kappa shape index (κ1) is 17.3. The van der Waals surface area contributed by atoms with Crippen LogP contribution in [0.15, 0.2) is 21.7 Å². The smallest absolute Gasteiger partial charge is 0.259 e. The summed E-state index contributed by atoms with van der Waals surface area (Å²) in [5.74, 6) is 0.496. The van der Waals surface area contributed by atoms with Gasteiger partial charge in [-0.1, -0.05) is 12.1 Å². The second-order valence-corrected chi connectivity index (χ2v) is 6.10. The molecule has 1 atom stereocenters. The van der Waals surface area contributed by atoms with Crippen LogP contribution in [-0.2, 0) is 17.6 Å². The molecule has 0 aromatic carbocycles. The molecule has 0 aliphatic carbocycles. The molecular weight excluding hydrogens is 324 g/mol. The van der Waals surface area contributed by atoms with Crippen molar-refractivity contribution in [2.45, 2.75) is 39.2 Å². The fourth-order valence-electron chi connectivity index (χ4n) is 3.02. The molecule has 2 aromatic rings. The van der Waals surface area contributed by atoms with Crippen LogP contribution in [0.5, 0.6) is 0 Å². The lowest BCUT2D eigenvalue weighted by molar-refractivity contribution is -0.0247. The van der Waals surface area contributed by atoms with Gasteiger partial charge in [0.05, 0.1) is 24.7 Å². The lowest BCUT2D eigenvalue weighted by atomic mass is 10.1. The van der Waals surface area contributed by atoms with Crippen molar-refractivity contribution in [2.24, 2.45) is 0 Å². The Labute approximate surface area is 145 Å². The summed E-state index contributed by atoms with van der Waals surface area (Å²) in [6.07, 6.45) is 3.30. The van der Waals surface area contributed by atoms with Gasteiger partial charge in [-0.25, -0.2) is 4.98 Å². The first-order chi connectivity index (χ1) is 12.1. The van der Waals surface area contributed by atoms with Crippen LogP contribution in [0.2, 0.25) is 0 Å². The number of aromatic nitrogens is 3. The van der Waals surface area contributed by atoms with Crippen LogP contribution in [-0.4, -0.2) is 51.7 Å². The minimum Gasteiger partial charge on any atom is -0.375 e. The average Bonchev–Trinajstić information content (AvgIpc) is 3.00. The van der Waals surface area contributed by atoms with E-state index in [-0.39, 0.29) is 17.6 Å². The zero-order valence-electron chi connectivity index (χ0n) is 14.4. The van der Waals surface area contributed by atoms with E-state index in [0.717, 1.165) is 5.69 Å². The normalized spacial score (nSPS) is 17.7. The number of morpholine rings is 1. The van der Waals surface area contributed by atoms with Crippen molar-refractivity contribution >= 4 is 5.91 Å². The fraction of sp³-hybridized carbons (Fsp3) is 0.529. The molecule has 0 spiro atoms. The lowest BCUT2D eigenvalue weighted by Crippen LogP contribution is -2.46. The zero-order valence-corrected chi connectivity index (χ0v) is 14.4. The topological polar surface area (TPSA) is 101 Å². The molecule has 1 fully saturated rings. The van der Waals surface area contributed by atoms with Crippen LogP contribution >= 0.6 is 0 Å². The first-order valence-electron chi connectivity index (χ1n) is 8.48. The number of hydrogen-bond acceptors (Lipinski definition) is 6. The molecule has 2 aromatic heterocycles. The van der Waals surface area contributed by atoms with Crippen molar-refractivity contribution in [2.75, 3.05) is 19.7 Å². The number of rotatable bonds is 5. The van der Waals surface area contributed by atoms with Crippen molar-refractivity contribution in [3.05, 3.63) is 45.5 Å². The Morgan fingerprint density at radius 2 is 2.32 bits per heavy atom. The highest BCUT2D eigenvalue weighted by molar-refractivity contribution is 5.96. The number of hydrogen-bond donors (Lipinski definition) is 1. The van der Waals surface area contributed by atoms with Crippen molar-refractivity contribution in [3.63, 3.8) is 0 Å². The molecule has 25 heavy (non-hydrogen) atoms. The minimum atomic E-state index is -0.165. The van der Waals surface area contributed by atoms with Gasteiger partial charge in [-0.15, -0.1) is 0 Å². The van der Waals surface area contributed by atoms with Crippen LogP contribution < -0.4 is 5.56 Å². The van der Waals surface area contributed by atoms with E-state index in [0.29, 0.717) is 56.0 Å². The van der Waals surface area contributed by atoms with Gasteiger partial charge in [0.15, 0.2) is 0 Å². The summed E-state index contributed by atoms with van der Waals surface area (Å²) >= 11 is 0. The molecule has 1 saturated heterocycles. The number of carbonyl (C=O) groups excluding carboxylic acids is 1. The molecule has 1 aliphatic rings. The number of ether oxygens (including phenoxy) is 1. The summed E-state index contributed by atoms with van der Waals surface area (Å²) in [6, 6.07) is 1.49. The molecule has 0 saturated carbocycles. The number of amides is 1. The van der Waals surface area contributed by atoms with E-state index in [1.54, 1.807) is 11.8 Å². The van der Waals surface area contributed by atoms with Crippen molar-refractivity contribution in [3.8, 4) is 0 Å². The summed E-state index contributed by atoms with van der Waals surface area (Å²) in [6.45, 7) is 5.26. The van der Waals surface area contributed by atoms with Crippen LogP contribution in [0, 0.1) is 6.92 Å². The fourth-order valence-corrected chi connectivity index (χ4v) is 3.02. The molecule has 0 radical (unpaired) electrons. The molecule has 1 N–H and O–H groups in total. The van der Waals surface area contributed by atoms with Gasteiger partial charge in [-0.3, -0.25) is 9.59 Å². The minimum absolute atomic E-state index is 0.0572. The monoisotopic (exact) mass is 346 g/mol. The molecular formula is C17H22N4O4. The Balaban J connectivity index is 1.63. The lowest BCUT2D eigenvalue weighted by Gasteiger charge is -2.33. The van der Waals surface area contributed by atoms with E-state index in [9.17, 15) is 9.59 Å². The first-order valence-corrected chi connectivity index (χ1v) is 8.48. The maximum atomic E-state index is 12.8. The maximum absolute atomic E-state index is 12.8. The number of nitrogens with zero attached hydrogens (tertiary/aromatic N) is 3. The summed E-state index contributed by atoms with van der Waals surface area (Å²) in [4.78, 5) is 32.6. The molecule has 0 bridgehead atoms. The largest absolute Gasteiger partial charge is 0.375 e. The van der Waals surface area contributed by atoms with Gasteiger partial charge in [0.25, 0.3) is 11.5 Å². The quantitative estimate of drug-likeness (QED) is 0.870. The summed E-state index contributed by atoms with van der Waals surface area (Å²) in [7, 11) is 0. The van der Waals surface area contributed by atoms with Gasteiger partial charge in [0.1, 0.15) is 11.3 Å². The number of carbonyl (C=O) groups is 1. The van der Waals surface area contributed by atoms with E-state index in [4.69, 9.17) is 9.26 Å². The van der Waals surface area contributed by atoms with Crippen molar-refractivity contribution in [1.29, 1.82) is 0 Å². The van der Waals surface area contributed by atoms with Gasteiger partial charge in [-0.05, 0) is 26.2 Å². The number of aromatic amines is 1. The highest BCUT2D eigenvalue weighted by atomic mass is 16.5. The molecule has 8 nitrogen and oxygen atoms in total. The second-order valence-electron chi connectivity index (χ2n) is 6.10. The molecule has 3 rings (SSSR count). The van der Waals surface area contributed by atoms with Gasteiger partial charge in [0.2, 0.25) is 0 Å². The zero-order chi connectivity index (χ0) is 17.8. The highest BCUT2D eigenvalue weighted by Gasteiger charge is 2.29. The third-order valence-corrected chi connectivity index (χ3v) is 4.37. The highest BCUT2D eigenvalue weighted by Crippen LogP contribution is 2.19. The average molecular weight is 346 g/mol. The SMILES string of the molecule is CCc1noc(C)c1C(=O)N1CCO[C@@H](CCc2cc(=O)[nH]cn2)C1. The molecule has 1 aliphatic heterocycles. The number of nitrogens with one attached hydrogen (secondary N) is 1. The van der Waals surface area contributed by atoms with E-state index < -0.39 is 0 Å². The van der Waals surface area contributed by atoms with E-state index in [1.807, 2.05) is 6.92 Å². The second kappa shape index (κ2) is 7.60. The Hall–Kier alpha value is -2.48.